The van der Waals surface area contributed by atoms with Crippen LogP contribution < -0.4 is 10.1 Å². The zero-order chi connectivity index (χ0) is 12.8. The molecule has 0 saturated carbocycles. The van der Waals surface area contributed by atoms with E-state index in [2.05, 4.69) is 5.32 Å². The molecule has 3 nitrogen and oxygen atoms in total. The Morgan fingerprint density at radius 3 is 2.88 bits per heavy atom. The Morgan fingerprint density at radius 2 is 2.29 bits per heavy atom. The highest BCUT2D eigenvalue weighted by atomic mass is 35.5. The summed E-state index contributed by atoms with van der Waals surface area (Å²) in [5.74, 6) is 0.280. The predicted molar refractivity (Wildman–Crippen MR) is 64.8 cm³/mol. The zero-order valence-corrected chi connectivity index (χ0v) is 10.6. The minimum atomic E-state index is -0.362. The largest absolute Gasteiger partial charge is 0.496 e. The smallest absolute Gasteiger partial charge is 0.221 e. The maximum atomic E-state index is 13.1. The lowest BCUT2D eigenvalue weighted by Crippen LogP contribution is -2.27. The highest BCUT2D eigenvalue weighted by Crippen LogP contribution is 2.25. The SMILES string of the molecule is COc1ccc(F)cc1C(C)NC(=O)CCCl. The molecule has 0 bridgehead atoms. The molecule has 1 atom stereocenters. The first-order valence-electron chi connectivity index (χ1n) is 5.27. The van der Waals surface area contributed by atoms with Crippen LogP contribution in [0.2, 0.25) is 0 Å². The van der Waals surface area contributed by atoms with Crippen molar-refractivity contribution in [3.63, 3.8) is 0 Å². The quantitative estimate of drug-likeness (QED) is 0.826. The molecule has 0 heterocycles. The predicted octanol–water partition coefficient (Wildman–Crippen LogP) is 2.64. The van der Waals surface area contributed by atoms with Gasteiger partial charge >= 0.3 is 0 Å². The van der Waals surface area contributed by atoms with E-state index >= 15 is 0 Å². The third kappa shape index (κ3) is 3.89. The Kier molecular flexibility index (Phi) is 5.22. The fourth-order valence-corrected chi connectivity index (χ4v) is 1.69. The molecule has 0 aromatic heterocycles. The van der Waals surface area contributed by atoms with Gasteiger partial charge in [-0.15, -0.1) is 11.6 Å². The lowest BCUT2D eigenvalue weighted by molar-refractivity contribution is -0.121. The minimum absolute atomic E-state index is 0.168. The molecule has 0 saturated heterocycles. The summed E-state index contributed by atoms with van der Waals surface area (Å²) >= 11 is 5.46. The van der Waals surface area contributed by atoms with E-state index in [4.69, 9.17) is 16.3 Å². The first kappa shape index (κ1) is 13.8. The van der Waals surface area contributed by atoms with Crippen molar-refractivity contribution < 1.29 is 13.9 Å². The average Bonchev–Trinajstić information content (AvgIpc) is 2.29. The van der Waals surface area contributed by atoms with Crippen molar-refractivity contribution in [1.29, 1.82) is 0 Å². The van der Waals surface area contributed by atoms with Gasteiger partial charge in [-0.3, -0.25) is 4.79 Å². The molecule has 17 heavy (non-hydrogen) atoms. The molecule has 1 unspecified atom stereocenters. The third-order valence-corrected chi connectivity index (χ3v) is 2.55. The van der Waals surface area contributed by atoms with Crippen LogP contribution in [-0.4, -0.2) is 18.9 Å². The number of methoxy groups -OCH3 is 1. The van der Waals surface area contributed by atoms with E-state index < -0.39 is 0 Å². The van der Waals surface area contributed by atoms with Crippen molar-refractivity contribution in [3.05, 3.63) is 29.6 Å². The molecular weight excluding hydrogens is 245 g/mol. The number of ether oxygens (including phenoxy) is 1. The number of hydrogen-bond acceptors (Lipinski definition) is 2. The summed E-state index contributed by atoms with van der Waals surface area (Å²) in [6.07, 6.45) is 0.240. The molecule has 5 heteroatoms. The van der Waals surface area contributed by atoms with E-state index in [0.29, 0.717) is 11.3 Å². The molecule has 94 valence electrons. The molecule has 0 radical (unpaired) electrons. The van der Waals surface area contributed by atoms with Gasteiger partial charge in [0.2, 0.25) is 5.91 Å². The van der Waals surface area contributed by atoms with Crippen LogP contribution in [0.15, 0.2) is 18.2 Å². The number of alkyl halides is 1. The number of hydrogen-bond donors (Lipinski definition) is 1. The molecule has 1 aromatic rings. The Hall–Kier alpha value is -1.29. The van der Waals surface area contributed by atoms with Gasteiger partial charge in [0.05, 0.1) is 13.2 Å². The van der Waals surface area contributed by atoms with Gasteiger partial charge in [-0.05, 0) is 25.1 Å². The first-order valence-corrected chi connectivity index (χ1v) is 5.80. The second-order valence-corrected chi connectivity index (χ2v) is 3.99. The lowest BCUT2D eigenvalue weighted by Gasteiger charge is -2.17. The van der Waals surface area contributed by atoms with Gasteiger partial charge < -0.3 is 10.1 Å². The van der Waals surface area contributed by atoms with E-state index in [0.717, 1.165) is 0 Å². The van der Waals surface area contributed by atoms with Crippen LogP contribution in [0.3, 0.4) is 0 Å². The van der Waals surface area contributed by atoms with Gasteiger partial charge in [-0.25, -0.2) is 4.39 Å². The monoisotopic (exact) mass is 259 g/mol. The molecular formula is C12H15ClFNO2. The Morgan fingerprint density at radius 1 is 1.59 bits per heavy atom. The molecule has 1 aromatic carbocycles. The Bertz CT molecular complexity index is 398. The third-order valence-electron chi connectivity index (χ3n) is 2.36. The standard InChI is InChI=1S/C12H15ClFNO2/c1-8(15-12(16)5-6-13)10-7-9(14)3-4-11(10)17-2/h3-4,7-8H,5-6H2,1-2H3,(H,15,16). The highest BCUT2D eigenvalue weighted by Gasteiger charge is 2.14. The van der Waals surface area contributed by atoms with E-state index in [1.807, 2.05) is 0 Å². The number of carbonyl (C=O) groups excluding carboxylic acids is 1. The van der Waals surface area contributed by atoms with Crippen molar-refractivity contribution in [3.8, 4) is 5.75 Å². The molecule has 0 aliphatic rings. The zero-order valence-electron chi connectivity index (χ0n) is 9.80. The van der Waals surface area contributed by atoms with Gasteiger partial charge in [-0.2, -0.15) is 0 Å². The summed E-state index contributed by atoms with van der Waals surface area (Å²) in [6.45, 7) is 1.77. The van der Waals surface area contributed by atoms with Gasteiger partial charge in [0.25, 0.3) is 0 Å². The summed E-state index contributed by atoms with van der Waals surface area (Å²) in [4.78, 5) is 11.4. The number of rotatable bonds is 5. The first-order chi connectivity index (χ1) is 8.08. The maximum Gasteiger partial charge on any atom is 0.221 e. The fourth-order valence-electron chi connectivity index (χ4n) is 1.52. The van der Waals surface area contributed by atoms with Gasteiger partial charge in [0, 0.05) is 17.9 Å². The van der Waals surface area contributed by atoms with E-state index in [1.54, 1.807) is 6.92 Å². The molecule has 0 aliphatic heterocycles. The van der Waals surface area contributed by atoms with Crippen LogP contribution in [0, 0.1) is 5.82 Å². The maximum absolute atomic E-state index is 13.1. The molecule has 0 fully saturated rings. The second kappa shape index (κ2) is 6.45. The molecule has 0 aliphatic carbocycles. The van der Waals surface area contributed by atoms with Gasteiger partial charge in [0.1, 0.15) is 11.6 Å². The van der Waals surface area contributed by atoms with E-state index in [9.17, 15) is 9.18 Å². The average molecular weight is 260 g/mol. The van der Waals surface area contributed by atoms with Crippen LogP contribution in [0.1, 0.15) is 24.9 Å². The van der Waals surface area contributed by atoms with Crippen molar-refractivity contribution in [2.75, 3.05) is 13.0 Å². The minimum Gasteiger partial charge on any atom is -0.496 e. The van der Waals surface area contributed by atoms with Crippen LogP contribution in [-0.2, 0) is 4.79 Å². The van der Waals surface area contributed by atoms with Crippen molar-refractivity contribution in [1.82, 2.24) is 5.32 Å². The Balaban J connectivity index is 2.83. The number of carbonyl (C=O) groups is 1. The summed E-state index contributed by atoms with van der Waals surface area (Å²) < 4.78 is 18.3. The normalized spacial score (nSPS) is 12.0. The Labute approximate surface area is 105 Å². The lowest BCUT2D eigenvalue weighted by atomic mass is 10.1. The topological polar surface area (TPSA) is 38.3 Å². The number of benzene rings is 1. The van der Waals surface area contributed by atoms with E-state index in [1.165, 1.54) is 25.3 Å². The van der Waals surface area contributed by atoms with Crippen molar-refractivity contribution in [2.45, 2.75) is 19.4 Å². The van der Waals surface area contributed by atoms with E-state index in [-0.39, 0.29) is 30.1 Å². The van der Waals surface area contributed by atoms with Crippen molar-refractivity contribution in [2.24, 2.45) is 0 Å². The molecule has 1 rings (SSSR count). The number of amides is 1. The number of halogens is 2. The highest BCUT2D eigenvalue weighted by molar-refractivity contribution is 6.18. The summed E-state index contributed by atoms with van der Waals surface area (Å²) in [5, 5.41) is 2.73. The fraction of sp³-hybridized carbons (Fsp3) is 0.417. The van der Waals surface area contributed by atoms with Crippen molar-refractivity contribution >= 4 is 17.5 Å². The summed E-state index contributed by atoms with van der Waals surface area (Å²) in [5.41, 5.74) is 0.607. The molecule has 0 spiro atoms. The van der Waals surface area contributed by atoms with Crippen LogP contribution in [0.5, 0.6) is 5.75 Å². The van der Waals surface area contributed by atoms with Gasteiger partial charge in [-0.1, -0.05) is 0 Å². The number of nitrogens with one attached hydrogen (secondary N) is 1. The van der Waals surface area contributed by atoms with Gasteiger partial charge in [0.15, 0.2) is 0 Å². The van der Waals surface area contributed by atoms with Crippen LogP contribution >= 0.6 is 11.6 Å². The molecule has 1 N–H and O–H groups in total. The molecule has 1 amide bonds. The second-order valence-electron chi connectivity index (χ2n) is 3.61. The van der Waals surface area contributed by atoms with Crippen LogP contribution in [0.4, 0.5) is 4.39 Å². The summed E-state index contributed by atoms with van der Waals surface area (Å²) in [7, 11) is 1.50. The summed E-state index contributed by atoms with van der Waals surface area (Å²) in [6, 6.07) is 3.88. The van der Waals surface area contributed by atoms with Crippen LogP contribution in [0.25, 0.3) is 0 Å².